The second-order valence-electron chi connectivity index (χ2n) is 4.96. The largest absolute Gasteiger partial charge is 0.326 e. The van der Waals surface area contributed by atoms with Crippen molar-refractivity contribution in [2.75, 3.05) is 38.0 Å². The number of hydrogen-bond acceptors (Lipinski definition) is 5. The number of amides is 1. The Balaban J connectivity index is 0.00000242. The molecule has 2 rings (SSSR count). The van der Waals surface area contributed by atoms with Crippen molar-refractivity contribution in [3.05, 3.63) is 24.3 Å². The zero-order valence-corrected chi connectivity index (χ0v) is 15.0. The van der Waals surface area contributed by atoms with E-state index in [9.17, 15) is 13.2 Å². The molecule has 1 aliphatic heterocycles. The van der Waals surface area contributed by atoms with Gasteiger partial charge < -0.3 is 15.5 Å². The van der Waals surface area contributed by atoms with E-state index >= 15 is 0 Å². The highest BCUT2D eigenvalue weighted by molar-refractivity contribution is 7.89. The Morgan fingerprint density at radius 1 is 1.26 bits per heavy atom. The molecule has 132 valence electrons. The standard InChI is InChI=1S/C13H20N4O3S.2ClH/c14-21(19,20)12-3-1-2-11(10-12)16-13(18)4-7-17-8-5-15-6-9-17;;/h1-3,10,15H,4-9H2,(H,16,18)(H2,14,19,20);2*1H. The Morgan fingerprint density at radius 3 is 2.52 bits per heavy atom. The number of rotatable bonds is 5. The lowest BCUT2D eigenvalue weighted by Gasteiger charge is -2.26. The van der Waals surface area contributed by atoms with Gasteiger partial charge in [0.05, 0.1) is 4.90 Å². The van der Waals surface area contributed by atoms with Crippen molar-refractivity contribution in [2.45, 2.75) is 11.3 Å². The van der Waals surface area contributed by atoms with Gasteiger partial charge >= 0.3 is 0 Å². The van der Waals surface area contributed by atoms with Gasteiger partial charge in [-0.1, -0.05) is 6.07 Å². The van der Waals surface area contributed by atoms with E-state index in [0.717, 1.165) is 26.2 Å². The van der Waals surface area contributed by atoms with Crippen molar-refractivity contribution in [3.8, 4) is 0 Å². The fourth-order valence-corrected chi connectivity index (χ4v) is 2.73. The molecule has 0 unspecified atom stereocenters. The summed E-state index contributed by atoms with van der Waals surface area (Å²) in [5.41, 5.74) is 0.437. The molecule has 10 heteroatoms. The van der Waals surface area contributed by atoms with E-state index in [4.69, 9.17) is 5.14 Å². The maximum Gasteiger partial charge on any atom is 0.238 e. The maximum atomic E-state index is 11.9. The van der Waals surface area contributed by atoms with Crippen molar-refractivity contribution >= 4 is 46.4 Å². The molecule has 1 aromatic carbocycles. The number of carbonyl (C=O) groups excluding carboxylic acids is 1. The molecule has 1 aliphatic rings. The zero-order chi connectivity index (χ0) is 15.3. The molecule has 0 saturated carbocycles. The van der Waals surface area contributed by atoms with E-state index in [-0.39, 0.29) is 35.6 Å². The molecule has 0 spiro atoms. The summed E-state index contributed by atoms with van der Waals surface area (Å²) in [5.74, 6) is -0.139. The lowest BCUT2D eigenvalue weighted by Crippen LogP contribution is -2.44. The molecular formula is C13H22Cl2N4O3S. The fraction of sp³-hybridized carbons (Fsp3) is 0.462. The minimum Gasteiger partial charge on any atom is -0.326 e. The van der Waals surface area contributed by atoms with Crippen molar-refractivity contribution in [1.29, 1.82) is 0 Å². The predicted octanol–water partition coefficient (Wildman–Crippen LogP) is 0.411. The number of nitrogens with zero attached hydrogens (tertiary/aromatic N) is 1. The van der Waals surface area contributed by atoms with Crippen molar-refractivity contribution < 1.29 is 13.2 Å². The van der Waals surface area contributed by atoms with Crippen LogP contribution in [0.4, 0.5) is 5.69 Å². The monoisotopic (exact) mass is 384 g/mol. The molecule has 1 heterocycles. The predicted molar refractivity (Wildman–Crippen MR) is 94.9 cm³/mol. The van der Waals surface area contributed by atoms with Crippen LogP contribution in [0.25, 0.3) is 0 Å². The molecule has 1 fully saturated rings. The lowest BCUT2D eigenvalue weighted by molar-refractivity contribution is -0.116. The first-order valence-corrected chi connectivity index (χ1v) is 8.35. The average molecular weight is 385 g/mol. The van der Waals surface area contributed by atoms with Crippen LogP contribution >= 0.6 is 24.8 Å². The van der Waals surface area contributed by atoms with Gasteiger partial charge in [-0.25, -0.2) is 13.6 Å². The van der Waals surface area contributed by atoms with Crippen LogP contribution in [0, 0.1) is 0 Å². The quantitative estimate of drug-likeness (QED) is 0.681. The number of sulfonamides is 1. The zero-order valence-electron chi connectivity index (χ0n) is 12.5. The van der Waals surface area contributed by atoms with Gasteiger partial charge in [0.15, 0.2) is 0 Å². The van der Waals surface area contributed by atoms with Gasteiger partial charge in [0.1, 0.15) is 0 Å². The van der Waals surface area contributed by atoms with E-state index in [1.54, 1.807) is 12.1 Å². The average Bonchev–Trinajstić information content (AvgIpc) is 2.46. The summed E-state index contributed by atoms with van der Waals surface area (Å²) >= 11 is 0. The summed E-state index contributed by atoms with van der Waals surface area (Å²) in [6.45, 7) is 4.46. The van der Waals surface area contributed by atoms with E-state index in [1.807, 2.05) is 0 Å². The SMILES string of the molecule is Cl.Cl.NS(=O)(=O)c1cccc(NC(=O)CCN2CCNCC2)c1. The van der Waals surface area contributed by atoms with Gasteiger partial charge in [0.25, 0.3) is 0 Å². The molecule has 7 nitrogen and oxygen atoms in total. The van der Waals surface area contributed by atoms with E-state index in [0.29, 0.717) is 18.7 Å². The van der Waals surface area contributed by atoms with Crippen LogP contribution in [0.3, 0.4) is 0 Å². The Labute approximate surface area is 148 Å². The molecule has 1 saturated heterocycles. The van der Waals surface area contributed by atoms with Crippen LogP contribution in [-0.4, -0.2) is 51.9 Å². The second-order valence-corrected chi connectivity index (χ2v) is 6.52. The van der Waals surface area contributed by atoms with E-state index in [1.165, 1.54) is 12.1 Å². The molecule has 0 radical (unpaired) electrons. The van der Waals surface area contributed by atoms with E-state index < -0.39 is 10.0 Å². The van der Waals surface area contributed by atoms with E-state index in [2.05, 4.69) is 15.5 Å². The summed E-state index contributed by atoms with van der Waals surface area (Å²) in [7, 11) is -3.76. The smallest absolute Gasteiger partial charge is 0.238 e. The minimum atomic E-state index is -3.76. The summed E-state index contributed by atoms with van der Waals surface area (Å²) in [5, 5.41) is 11.0. The topological polar surface area (TPSA) is 105 Å². The summed E-state index contributed by atoms with van der Waals surface area (Å²) in [6.07, 6.45) is 0.375. The van der Waals surface area contributed by atoms with Crippen LogP contribution in [-0.2, 0) is 14.8 Å². The van der Waals surface area contributed by atoms with Crippen molar-refractivity contribution in [2.24, 2.45) is 5.14 Å². The molecule has 1 aromatic rings. The third-order valence-corrected chi connectivity index (χ3v) is 4.22. The summed E-state index contributed by atoms with van der Waals surface area (Å²) in [4.78, 5) is 14.1. The Kier molecular flexibility index (Phi) is 9.67. The molecule has 23 heavy (non-hydrogen) atoms. The highest BCUT2D eigenvalue weighted by Crippen LogP contribution is 2.14. The highest BCUT2D eigenvalue weighted by atomic mass is 35.5. The van der Waals surface area contributed by atoms with Crippen LogP contribution in [0.15, 0.2) is 29.2 Å². The normalized spacial score (nSPS) is 15.2. The number of carbonyl (C=O) groups is 1. The number of nitrogens with two attached hydrogens (primary N) is 1. The number of primary sulfonamides is 1. The maximum absolute atomic E-state index is 11.9. The Hall–Kier alpha value is -0.900. The Morgan fingerprint density at radius 2 is 1.91 bits per heavy atom. The first kappa shape index (κ1) is 22.1. The minimum absolute atomic E-state index is 0. The highest BCUT2D eigenvalue weighted by Gasteiger charge is 2.12. The molecule has 0 atom stereocenters. The van der Waals surface area contributed by atoms with Gasteiger partial charge in [-0.15, -0.1) is 24.8 Å². The number of piperazine rings is 1. The fourth-order valence-electron chi connectivity index (χ4n) is 2.17. The molecule has 1 amide bonds. The summed E-state index contributed by atoms with van der Waals surface area (Å²) in [6, 6.07) is 5.94. The van der Waals surface area contributed by atoms with Crippen molar-refractivity contribution in [1.82, 2.24) is 10.2 Å². The third-order valence-electron chi connectivity index (χ3n) is 3.31. The van der Waals surface area contributed by atoms with Crippen LogP contribution in [0.5, 0.6) is 0 Å². The number of anilines is 1. The number of halogens is 2. The number of benzene rings is 1. The van der Waals surface area contributed by atoms with Gasteiger partial charge in [0.2, 0.25) is 15.9 Å². The van der Waals surface area contributed by atoms with Gasteiger partial charge in [-0.3, -0.25) is 4.79 Å². The Bertz CT molecular complexity index is 607. The number of hydrogen-bond donors (Lipinski definition) is 3. The summed E-state index contributed by atoms with van der Waals surface area (Å²) < 4.78 is 22.5. The van der Waals surface area contributed by atoms with Gasteiger partial charge in [-0.2, -0.15) is 0 Å². The molecule has 0 aromatic heterocycles. The van der Waals surface area contributed by atoms with Crippen LogP contribution in [0.1, 0.15) is 6.42 Å². The number of nitrogens with one attached hydrogen (secondary N) is 2. The molecule has 0 bridgehead atoms. The van der Waals surface area contributed by atoms with Crippen LogP contribution in [0.2, 0.25) is 0 Å². The second kappa shape index (κ2) is 10.1. The third kappa shape index (κ3) is 7.47. The first-order valence-electron chi connectivity index (χ1n) is 6.81. The van der Waals surface area contributed by atoms with Gasteiger partial charge in [0, 0.05) is 44.8 Å². The van der Waals surface area contributed by atoms with Gasteiger partial charge in [-0.05, 0) is 18.2 Å². The lowest BCUT2D eigenvalue weighted by atomic mass is 10.3. The van der Waals surface area contributed by atoms with Crippen LogP contribution < -0.4 is 15.8 Å². The first-order chi connectivity index (χ1) is 9.95. The van der Waals surface area contributed by atoms with Crippen molar-refractivity contribution in [3.63, 3.8) is 0 Å². The molecule has 0 aliphatic carbocycles. The molecule has 4 N–H and O–H groups in total. The molecular weight excluding hydrogens is 363 g/mol.